The number of amides is 1. The summed E-state index contributed by atoms with van der Waals surface area (Å²) in [5.41, 5.74) is -0.782. The van der Waals surface area contributed by atoms with Gasteiger partial charge in [-0.25, -0.2) is 4.79 Å². The molecule has 10 heteroatoms. The van der Waals surface area contributed by atoms with E-state index in [9.17, 15) is 34.9 Å². The highest BCUT2D eigenvalue weighted by Crippen LogP contribution is 2.23. The Kier molecular flexibility index (Phi) is 5.58. The second-order valence-corrected chi connectivity index (χ2v) is 5.31. The first kappa shape index (κ1) is 18.5. The van der Waals surface area contributed by atoms with E-state index in [0.717, 1.165) is 18.2 Å². The smallest absolute Gasteiger partial charge is 0.326 e. The molecule has 0 aliphatic heterocycles. The summed E-state index contributed by atoms with van der Waals surface area (Å²) in [6.07, 6.45) is -0.351. The predicted molar refractivity (Wildman–Crippen MR) is 88.8 cm³/mol. The Balaban J connectivity index is 2.27. The molecule has 26 heavy (non-hydrogen) atoms. The maximum Gasteiger partial charge on any atom is 0.326 e. The molecule has 2 rings (SSSR count). The van der Waals surface area contributed by atoms with Crippen molar-refractivity contribution in [3.8, 4) is 0 Å². The number of aliphatic carboxylic acids is 1. The molecule has 0 radical (unpaired) electrons. The second kappa shape index (κ2) is 7.83. The Morgan fingerprint density at radius 2 is 1.54 bits per heavy atom. The van der Waals surface area contributed by atoms with E-state index in [1.54, 1.807) is 18.2 Å². The first-order valence-electron chi connectivity index (χ1n) is 7.29. The number of nitro groups is 2. The summed E-state index contributed by atoms with van der Waals surface area (Å²) >= 11 is 0. The number of carboxylic acids is 1. The number of nitro benzene ring substituents is 2. The van der Waals surface area contributed by atoms with Gasteiger partial charge in [-0.05, 0) is 17.7 Å². The molecule has 0 aromatic heterocycles. The number of benzene rings is 2. The fourth-order valence-corrected chi connectivity index (χ4v) is 2.25. The van der Waals surface area contributed by atoms with Gasteiger partial charge in [0.05, 0.1) is 15.9 Å². The van der Waals surface area contributed by atoms with Gasteiger partial charge in [-0.15, -0.1) is 0 Å². The standard InChI is InChI=1S/C16H13N3O7/c20-15(11-4-2-1-3-5-11)17-14(16(21)22)8-10-6-12(18(23)24)9-13(7-10)19(25)26/h1-7,9,14H,8H2,(H,17,20)(H,21,22)/t14-/m0/s1. The maximum atomic E-state index is 12.1. The predicted octanol–water partition coefficient (Wildman–Crippen LogP) is 1.93. The van der Waals surface area contributed by atoms with E-state index in [2.05, 4.69) is 5.32 Å². The van der Waals surface area contributed by atoms with Crippen molar-refractivity contribution in [2.24, 2.45) is 0 Å². The molecule has 2 N–H and O–H groups in total. The van der Waals surface area contributed by atoms with Crippen molar-refractivity contribution in [1.29, 1.82) is 0 Å². The Morgan fingerprint density at radius 3 is 2.00 bits per heavy atom. The van der Waals surface area contributed by atoms with E-state index in [0.29, 0.717) is 0 Å². The zero-order chi connectivity index (χ0) is 19.3. The van der Waals surface area contributed by atoms with Crippen LogP contribution >= 0.6 is 0 Å². The second-order valence-electron chi connectivity index (χ2n) is 5.31. The lowest BCUT2D eigenvalue weighted by atomic mass is 10.0. The van der Waals surface area contributed by atoms with Crippen LogP contribution in [0.25, 0.3) is 0 Å². The molecule has 0 aliphatic carbocycles. The molecule has 0 bridgehead atoms. The normalized spacial score (nSPS) is 11.4. The highest BCUT2D eigenvalue weighted by atomic mass is 16.6. The van der Waals surface area contributed by atoms with E-state index in [-0.39, 0.29) is 17.5 Å². The van der Waals surface area contributed by atoms with Crippen molar-refractivity contribution < 1.29 is 24.5 Å². The molecule has 2 aromatic rings. The highest BCUT2D eigenvalue weighted by Gasteiger charge is 2.24. The van der Waals surface area contributed by atoms with Gasteiger partial charge in [-0.2, -0.15) is 0 Å². The third kappa shape index (κ3) is 4.60. The van der Waals surface area contributed by atoms with Crippen molar-refractivity contribution >= 4 is 23.3 Å². The van der Waals surface area contributed by atoms with Gasteiger partial charge in [-0.3, -0.25) is 25.0 Å². The van der Waals surface area contributed by atoms with Crippen molar-refractivity contribution in [3.05, 3.63) is 79.9 Å². The van der Waals surface area contributed by atoms with Crippen LogP contribution in [0, 0.1) is 20.2 Å². The topological polar surface area (TPSA) is 153 Å². The zero-order valence-electron chi connectivity index (χ0n) is 13.2. The third-order valence-corrected chi connectivity index (χ3v) is 3.46. The molecular formula is C16H13N3O7. The zero-order valence-corrected chi connectivity index (χ0v) is 13.2. The third-order valence-electron chi connectivity index (χ3n) is 3.46. The van der Waals surface area contributed by atoms with Gasteiger partial charge in [0.2, 0.25) is 0 Å². The van der Waals surface area contributed by atoms with Gasteiger partial charge < -0.3 is 10.4 Å². The lowest BCUT2D eigenvalue weighted by Crippen LogP contribution is -2.42. The van der Waals surface area contributed by atoms with Gasteiger partial charge in [-0.1, -0.05) is 18.2 Å². The van der Waals surface area contributed by atoms with Crippen LogP contribution in [-0.2, 0) is 11.2 Å². The van der Waals surface area contributed by atoms with Crippen LogP contribution in [0.3, 0.4) is 0 Å². The summed E-state index contributed by atoms with van der Waals surface area (Å²) in [4.78, 5) is 43.7. The summed E-state index contributed by atoms with van der Waals surface area (Å²) in [5, 5.41) is 33.4. The fraction of sp³-hybridized carbons (Fsp3) is 0.125. The molecule has 0 spiro atoms. The van der Waals surface area contributed by atoms with Gasteiger partial charge in [0, 0.05) is 24.1 Å². The lowest BCUT2D eigenvalue weighted by Gasteiger charge is -2.14. The SMILES string of the molecule is O=C(N[C@@H](Cc1cc([N+](=O)[O-])cc([N+](=O)[O-])c1)C(=O)O)c1ccccc1. The molecule has 2 aromatic carbocycles. The van der Waals surface area contributed by atoms with Gasteiger partial charge in [0.25, 0.3) is 17.3 Å². The average Bonchev–Trinajstić information content (AvgIpc) is 2.61. The maximum absolute atomic E-state index is 12.1. The first-order chi connectivity index (χ1) is 12.3. The minimum absolute atomic E-state index is 0.0478. The minimum atomic E-state index is -1.41. The van der Waals surface area contributed by atoms with Crippen LogP contribution in [0.15, 0.2) is 48.5 Å². The van der Waals surface area contributed by atoms with Gasteiger partial charge in [0.1, 0.15) is 6.04 Å². The van der Waals surface area contributed by atoms with Gasteiger partial charge in [0.15, 0.2) is 0 Å². The summed E-state index contributed by atoms with van der Waals surface area (Å²) in [6.45, 7) is 0. The molecule has 0 saturated carbocycles. The summed E-state index contributed by atoms with van der Waals surface area (Å²) < 4.78 is 0. The lowest BCUT2D eigenvalue weighted by molar-refractivity contribution is -0.394. The van der Waals surface area contributed by atoms with Crippen LogP contribution in [0.1, 0.15) is 15.9 Å². The number of carboxylic acid groups (broad SMARTS) is 1. The van der Waals surface area contributed by atoms with E-state index >= 15 is 0 Å². The average molecular weight is 359 g/mol. The van der Waals surface area contributed by atoms with E-state index in [4.69, 9.17) is 0 Å². The quantitative estimate of drug-likeness (QED) is 0.565. The number of rotatable bonds is 7. The van der Waals surface area contributed by atoms with Crippen molar-refractivity contribution in [1.82, 2.24) is 5.32 Å². The largest absolute Gasteiger partial charge is 0.480 e. The van der Waals surface area contributed by atoms with E-state index in [1.165, 1.54) is 12.1 Å². The molecule has 0 heterocycles. The molecule has 0 saturated heterocycles. The molecule has 0 fully saturated rings. The molecule has 0 aliphatic rings. The van der Waals surface area contributed by atoms with Crippen molar-refractivity contribution in [3.63, 3.8) is 0 Å². The molecule has 1 atom stereocenters. The van der Waals surface area contributed by atoms with E-state index in [1.807, 2.05) is 0 Å². The van der Waals surface area contributed by atoms with Crippen molar-refractivity contribution in [2.75, 3.05) is 0 Å². The summed E-state index contributed by atoms with van der Waals surface area (Å²) in [6, 6.07) is 9.33. The van der Waals surface area contributed by atoms with Crippen molar-refractivity contribution in [2.45, 2.75) is 12.5 Å². The summed E-state index contributed by atoms with van der Waals surface area (Å²) in [7, 11) is 0. The molecule has 134 valence electrons. The molecule has 0 unspecified atom stereocenters. The van der Waals surface area contributed by atoms with Crippen LogP contribution in [-0.4, -0.2) is 32.9 Å². The number of nitrogens with one attached hydrogen (secondary N) is 1. The van der Waals surface area contributed by atoms with Crippen LogP contribution in [0.5, 0.6) is 0 Å². The van der Waals surface area contributed by atoms with Crippen LogP contribution in [0.4, 0.5) is 11.4 Å². The monoisotopic (exact) mass is 359 g/mol. The van der Waals surface area contributed by atoms with Crippen LogP contribution < -0.4 is 5.32 Å². The number of hydrogen-bond acceptors (Lipinski definition) is 6. The summed E-state index contributed by atoms with van der Waals surface area (Å²) in [5.74, 6) is -2.01. The van der Waals surface area contributed by atoms with Crippen LogP contribution in [0.2, 0.25) is 0 Å². The fourth-order valence-electron chi connectivity index (χ4n) is 2.25. The number of nitrogens with zero attached hydrogens (tertiary/aromatic N) is 2. The number of non-ortho nitro benzene ring substituents is 2. The molecule has 1 amide bonds. The molecule has 10 nitrogen and oxygen atoms in total. The molecular weight excluding hydrogens is 346 g/mol. The highest BCUT2D eigenvalue weighted by molar-refractivity contribution is 5.96. The Labute approximate surface area is 146 Å². The number of carbonyl (C=O) groups is 2. The number of carbonyl (C=O) groups excluding carboxylic acids is 1. The number of hydrogen-bond donors (Lipinski definition) is 2. The first-order valence-corrected chi connectivity index (χ1v) is 7.29. The Hall–Kier alpha value is -3.82. The Bertz CT molecular complexity index is 835. The van der Waals surface area contributed by atoms with Gasteiger partial charge >= 0.3 is 5.97 Å². The Morgan fingerprint density at radius 1 is 1.00 bits per heavy atom. The van der Waals surface area contributed by atoms with E-state index < -0.39 is 39.1 Å². The minimum Gasteiger partial charge on any atom is -0.480 e.